The molecule has 1 heterocycles. The number of aromatic amines is 1. The van der Waals surface area contributed by atoms with Crippen LogP contribution in [0.4, 0.5) is 4.79 Å². The largest absolute Gasteiger partial charge is 0.335 e. The molecule has 1 aliphatic carbocycles. The van der Waals surface area contributed by atoms with E-state index in [1.54, 1.807) is 0 Å². The van der Waals surface area contributed by atoms with Crippen molar-refractivity contribution in [3.8, 4) is 0 Å². The Balaban J connectivity index is 1.74. The van der Waals surface area contributed by atoms with Crippen LogP contribution in [-0.4, -0.2) is 28.3 Å². The number of nitrogens with zero attached hydrogens (tertiary/aromatic N) is 1. The number of rotatable bonds is 4. The Morgan fingerprint density at radius 3 is 3.00 bits per heavy atom. The molecule has 0 aliphatic heterocycles. The maximum atomic E-state index is 11.4. The van der Waals surface area contributed by atoms with E-state index < -0.39 is 0 Å². The van der Waals surface area contributed by atoms with Gasteiger partial charge in [-0.05, 0) is 32.8 Å². The first-order chi connectivity index (χ1) is 7.63. The molecule has 0 aromatic carbocycles. The van der Waals surface area contributed by atoms with Gasteiger partial charge < -0.3 is 10.6 Å². The zero-order chi connectivity index (χ0) is 11.5. The number of hydrogen-bond donors (Lipinski definition) is 3. The second kappa shape index (κ2) is 4.55. The van der Waals surface area contributed by atoms with Gasteiger partial charge in [0.25, 0.3) is 0 Å². The predicted octanol–water partition coefficient (Wildman–Crippen LogP) is 1.11. The molecular formula is C11H18N4O. The molecule has 1 aromatic rings. The normalized spacial score (nSPS) is 16.9. The van der Waals surface area contributed by atoms with E-state index in [9.17, 15) is 4.79 Å². The first kappa shape index (κ1) is 11.0. The first-order valence-corrected chi connectivity index (χ1v) is 5.71. The Morgan fingerprint density at radius 2 is 2.44 bits per heavy atom. The molecule has 0 bridgehead atoms. The Morgan fingerprint density at radius 1 is 1.69 bits per heavy atom. The molecule has 3 N–H and O–H groups in total. The molecule has 0 saturated heterocycles. The van der Waals surface area contributed by atoms with E-state index in [1.165, 1.54) is 0 Å². The van der Waals surface area contributed by atoms with Crippen LogP contribution < -0.4 is 10.6 Å². The summed E-state index contributed by atoms with van der Waals surface area (Å²) in [6.45, 7) is 3.95. The lowest BCUT2D eigenvalue weighted by Crippen LogP contribution is -2.42. The number of carbonyl (C=O) groups excluding carboxylic acids is 1. The van der Waals surface area contributed by atoms with E-state index in [-0.39, 0.29) is 12.1 Å². The van der Waals surface area contributed by atoms with Gasteiger partial charge in [-0.15, -0.1) is 0 Å². The lowest BCUT2D eigenvalue weighted by Gasteiger charge is -2.12. The number of hydrogen-bond acceptors (Lipinski definition) is 2. The standard InChI is InChI=1S/C11H18N4O/c1-7(5-10-6-8(2)14-15-10)12-11(16)13-9-3-4-9/h6-7,9H,3-5H2,1-2H3,(H,14,15)(H2,12,13,16). The number of aryl methyl sites for hydroxylation is 1. The van der Waals surface area contributed by atoms with E-state index in [0.717, 1.165) is 30.7 Å². The van der Waals surface area contributed by atoms with Crippen molar-refractivity contribution < 1.29 is 4.79 Å². The van der Waals surface area contributed by atoms with Crippen LogP contribution in [0.5, 0.6) is 0 Å². The summed E-state index contributed by atoms with van der Waals surface area (Å²) in [5.74, 6) is 0. The summed E-state index contributed by atoms with van der Waals surface area (Å²) in [5, 5.41) is 12.8. The maximum absolute atomic E-state index is 11.4. The van der Waals surface area contributed by atoms with Gasteiger partial charge in [0, 0.05) is 24.2 Å². The van der Waals surface area contributed by atoms with Gasteiger partial charge in [-0.1, -0.05) is 0 Å². The summed E-state index contributed by atoms with van der Waals surface area (Å²) in [5.41, 5.74) is 2.03. The van der Waals surface area contributed by atoms with Crippen LogP contribution in [0.1, 0.15) is 31.2 Å². The SMILES string of the molecule is Cc1cc(CC(C)NC(=O)NC2CC2)n[nH]1. The van der Waals surface area contributed by atoms with Crippen molar-refractivity contribution in [1.29, 1.82) is 0 Å². The van der Waals surface area contributed by atoms with Gasteiger partial charge in [-0.3, -0.25) is 5.10 Å². The second-order valence-electron chi connectivity index (χ2n) is 4.54. The molecule has 2 rings (SSSR count). The molecule has 16 heavy (non-hydrogen) atoms. The van der Waals surface area contributed by atoms with E-state index in [0.29, 0.717) is 6.04 Å². The van der Waals surface area contributed by atoms with Crippen LogP contribution >= 0.6 is 0 Å². The Hall–Kier alpha value is -1.52. The zero-order valence-electron chi connectivity index (χ0n) is 9.71. The highest BCUT2D eigenvalue weighted by molar-refractivity contribution is 5.74. The third-order valence-corrected chi connectivity index (χ3v) is 2.56. The van der Waals surface area contributed by atoms with Gasteiger partial charge in [0.15, 0.2) is 0 Å². The third kappa shape index (κ3) is 3.25. The third-order valence-electron chi connectivity index (χ3n) is 2.56. The van der Waals surface area contributed by atoms with Crippen LogP contribution in [-0.2, 0) is 6.42 Å². The van der Waals surface area contributed by atoms with Crippen LogP contribution in [0.15, 0.2) is 6.07 Å². The fourth-order valence-corrected chi connectivity index (χ4v) is 1.62. The minimum atomic E-state index is -0.0674. The quantitative estimate of drug-likeness (QED) is 0.714. The molecule has 5 heteroatoms. The average molecular weight is 222 g/mol. The van der Waals surface area contributed by atoms with E-state index in [2.05, 4.69) is 20.8 Å². The van der Waals surface area contributed by atoms with Gasteiger partial charge in [0.05, 0.1) is 5.69 Å². The van der Waals surface area contributed by atoms with Gasteiger partial charge in [-0.2, -0.15) is 5.10 Å². The van der Waals surface area contributed by atoms with Crippen LogP contribution in [0, 0.1) is 6.92 Å². The molecule has 1 fully saturated rings. The zero-order valence-corrected chi connectivity index (χ0v) is 9.71. The molecule has 0 radical (unpaired) electrons. The molecule has 88 valence electrons. The Labute approximate surface area is 95.0 Å². The van der Waals surface area contributed by atoms with Crippen LogP contribution in [0.25, 0.3) is 0 Å². The number of carbonyl (C=O) groups is 1. The summed E-state index contributed by atoms with van der Waals surface area (Å²) in [7, 11) is 0. The molecule has 1 saturated carbocycles. The molecule has 2 amide bonds. The highest BCUT2D eigenvalue weighted by Gasteiger charge is 2.23. The second-order valence-corrected chi connectivity index (χ2v) is 4.54. The van der Waals surface area contributed by atoms with Gasteiger partial charge in [-0.25, -0.2) is 4.79 Å². The fraction of sp³-hybridized carbons (Fsp3) is 0.636. The van der Waals surface area contributed by atoms with Gasteiger partial charge >= 0.3 is 6.03 Å². The molecule has 0 spiro atoms. The van der Waals surface area contributed by atoms with Gasteiger partial charge in [0.2, 0.25) is 0 Å². The maximum Gasteiger partial charge on any atom is 0.315 e. The van der Waals surface area contributed by atoms with E-state index in [4.69, 9.17) is 0 Å². The summed E-state index contributed by atoms with van der Waals surface area (Å²) in [6.07, 6.45) is 2.98. The molecule has 5 nitrogen and oxygen atoms in total. The topological polar surface area (TPSA) is 69.8 Å². The minimum absolute atomic E-state index is 0.0674. The van der Waals surface area contributed by atoms with Gasteiger partial charge in [0.1, 0.15) is 0 Å². The number of H-pyrrole nitrogens is 1. The molecule has 1 aromatic heterocycles. The van der Waals surface area contributed by atoms with Crippen molar-refractivity contribution in [2.24, 2.45) is 0 Å². The minimum Gasteiger partial charge on any atom is -0.335 e. The fourth-order valence-electron chi connectivity index (χ4n) is 1.62. The molecular weight excluding hydrogens is 204 g/mol. The molecule has 1 unspecified atom stereocenters. The highest BCUT2D eigenvalue weighted by Crippen LogP contribution is 2.18. The number of aromatic nitrogens is 2. The predicted molar refractivity (Wildman–Crippen MR) is 61.2 cm³/mol. The first-order valence-electron chi connectivity index (χ1n) is 5.71. The monoisotopic (exact) mass is 222 g/mol. The van der Waals surface area contributed by atoms with E-state index >= 15 is 0 Å². The number of amides is 2. The van der Waals surface area contributed by atoms with Crippen molar-refractivity contribution in [2.75, 3.05) is 0 Å². The smallest absolute Gasteiger partial charge is 0.315 e. The highest BCUT2D eigenvalue weighted by atomic mass is 16.2. The lowest BCUT2D eigenvalue weighted by atomic mass is 10.2. The number of urea groups is 1. The van der Waals surface area contributed by atoms with E-state index in [1.807, 2.05) is 19.9 Å². The molecule has 1 atom stereocenters. The van der Waals surface area contributed by atoms with Crippen molar-refractivity contribution in [2.45, 2.75) is 45.2 Å². The van der Waals surface area contributed by atoms with Crippen molar-refractivity contribution in [3.63, 3.8) is 0 Å². The van der Waals surface area contributed by atoms with Crippen LogP contribution in [0.2, 0.25) is 0 Å². The van der Waals surface area contributed by atoms with Crippen molar-refractivity contribution in [3.05, 3.63) is 17.5 Å². The number of nitrogens with one attached hydrogen (secondary N) is 3. The van der Waals surface area contributed by atoms with Crippen LogP contribution in [0.3, 0.4) is 0 Å². The van der Waals surface area contributed by atoms with Crippen molar-refractivity contribution in [1.82, 2.24) is 20.8 Å². The van der Waals surface area contributed by atoms with Crippen molar-refractivity contribution >= 4 is 6.03 Å². The molecule has 1 aliphatic rings. The summed E-state index contributed by atoms with van der Waals surface area (Å²) in [6, 6.07) is 2.43. The summed E-state index contributed by atoms with van der Waals surface area (Å²) >= 11 is 0. The summed E-state index contributed by atoms with van der Waals surface area (Å²) in [4.78, 5) is 11.4. The Bertz CT molecular complexity index is 370. The Kier molecular flexibility index (Phi) is 3.12. The average Bonchev–Trinajstić information content (AvgIpc) is 2.89. The lowest BCUT2D eigenvalue weighted by molar-refractivity contribution is 0.237. The summed E-state index contributed by atoms with van der Waals surface area (Å²) < 4.78 is 0.